The average Bonchev–Trinajstić information content (AvgIpc) is 2.25. The molecule has 0 radical (unpaired) electrons. The molecule has 1 N–H and O–H groups in total. The van der Waals surface area contributed by atoms with Crippen LogP contribution in [0.15, 0.2) is 18.5 Å². The van der Waals surface area contributed by atoms with E-state index in [0.29, 0.717) is 19.5 Å². The van der Waals surface area contributed by atoms with Gasteiger partial charge in [0.25, 0.3) is 0 Å². The third-order valence-electron chi connectivity index (χ3n) is 2.64. The number of carbonyl (C=O) groups excluding carboxylic acids is 2. The highest BCUT2D eigenvalue weighted by molar-refractivity contribution is 5.96. The van der Waals surface area contributed by atoms with Gasteiger partial charge in [-0.05, 0) is 24.1 Å². The molecule has 1 aliphatic heterocycles. The van der Waals surface area contributed by atoms with Crippen molar-refractivity contribution in [2.75, 3.05) is 6.54 Å². The molecule has 0 spiro atoms. The molecule has 2 heterocycles. The van der Waals surface area contributed by atoms with E-state index < -0.39 is 0 Å². The highest BCUT2D eigenvalue weighted by Crippen LogP contribution is 2.11. The molecular formula is C11H13N3O2. The van der Waals surface area contributed by atoms with Crippen LogP contribution in [0.5, 0.6) is 0 Å². The normalized spacial score (nSPS) is 16.2. The van der Waals surface area contributed by atoms with Gasteiger partial charge in [0.15, 0.2) is 0 Å². The molecule has 2 rings (SSSR count). The lowest BCUT2D eigenvalue weighted by Crippen LogP contribution is -2.48. The van der Waals surface area contributed by atoms with Crippen molar-refractivity contribution in [1.82, 2.24) is 15.2 Å². The van der Waals surface area contributed by atoms with E-state index in [1.165, 1.54) is 0 Å². The van der Waals surface area contributed by atoms with E-state index >= 15 is 0 Å². The number of urea groups is 1. The van der Waals surface area contributed by atoms with Crippen LogP contribution in [0.25, 0.3) is 0 Å². The number of carbonyl (C=O) groups is 2. The van der Waals surface area contributed by atoms with Crippen molar-refractivity contribution < 1.29 is 9.59 Å². The maximum atomic E-state index is 11.5. The maximum Gasteiger partial charge on any atom is 0.324 e. The van der Waals surface area contributed by atoms with Gasteiger partial charge in [-0.3, -0.25) is 15.1 Å². The number of rotatable bonds is 2. The van der Waals surface area contributed by atoms with Gasteiger partial charge >= 0.3 is 6.03 Å². The molecule has 1 saturated heterocycles. The van der Waals surface area contributed by atoms with Crippen molar-refractivity contribution in [3.8, 4) is 0 Å². The topological polar surface area (TPSA) is 62.3 Å². The molecule has 84 valence electrons. The Labute approximate surface area is 93.5 Å². The molecule has 5 heteroatoms. The van der Waals surface area contributed by atoms with Gasteiger partial charge in [-0.2, -0.15) is 0 Å². The van der Waals surface area contributed by atoms with E-state index in [2.05, 4.69) is 10.3 Å². The molecular weight excluding hydrogens is 206 g/mol. The number of hydrogen-bond donors (Lipinski definition) is 1. The Kier molecular flexibility index (Phi) is 2.85. The SMILES string of the molecule is Cc1cnccc1CN1CCC(=O)NC1=O. The lowest BCUT2D eigenvalue weighted by molar-refractivity contribution is -0.121. The summed E-state index contributed by atoms with van der Waals surface area (Å²) in [4.78, 5) is 28.1. The number of pyridine rings is 1. The summed E-state index contributed by atoms with van der Waals surface area (Å²) in [5, 5.41) is 2.30. The molecule has 5 nitrogen and oxygen atoms in total. The Morgan fingerprint density at radius 3 is 3.00 bits per heavy atom. The van der Waals surface area contributed by atoms with Crippen molar-refractivity contribution >= 4 is 11.9 Å². The number of aryl methyl sites for hydroxylation is 1. The molecule has 0 aliphatic carbocycles. The zero-order chi connectivity index (χ0) is 11.5. The lowest BCUT2D eigenvalue weighted by atomic mass is 10.1. The number of aromatic nitrogens is 1. The Balaban J connectivity index is 2.08. The van der Waals surface area contributed by atoms with Crippen LogP contribution in [-0.2, 0) is 11.3 Å². The fraction of sp³-hybridized carbons (Fsp3) is 0.364. The van der Waals surface area contributed by atoms with E-state index in [1.807, 2.05) is 13.0 Å². The quantitative estimate of drug-likeness (QED) is 0.801. The minimum atomic E-state index is -0.313. The second-order valence-corrected chi connectivity index (χ2v) is 3.83. The average molecular weight is 219 g/mol. The molecule has 0 saturated carbocycles. The van der Waals surface area contributed by atoms with Gasteiger partial charge in [0.1, 0.15) is 0 Å². The molecule has 1 fully saturated rings. The number of imide groups is 1. The first kappa shape index (κ1) is 10.6. The van der Waals surface area contributed by atoms with Crippen LogP contribution in [0, 0.1) is 6.92 Å². The Bertz CT molecular complexity index is 431. The second kappa shape index (κ2) is 4.30. The maximum absolute atomic E-state index is 11.5. The third kappa shape index (κ3) is 2.18. The predicted octanol–water partition coefficient (Wildman–Crippen LogP) is 0.832. The number of nitrogens with one attached hydrogen (secondary N) is 1. The summed E-state index contributed by atoms with van der Waals surface area (Å²) in [7, 11) is 0. The van der Waals surface area contributed by atoms with E-state index in [4.69, 9.17) is 0 Å². The van der Waals surface area contributed by atoms with Crippen LogP contribution in [-0.4, -0.2) is 28.4 Å². The van der Waals surface area contributed by atoms with Gasteiger partial charge in [-0.1, -0.05) is 0 Å². The Morgan fingerprint density at radius 1 is 1.50 bits per heavy atom. The van der Waals surface area contributed by atoms with Gasteiger partial charge < -0.3 is 4.90 Å². The Morgan fingerprint density at radius 2 is 2.31 bits per heavy atom. The summed E-state index contributed by atoms with van der Waals surface area (Å²) in [5.74, 6) is -0.201. The molecule has 3 amide bonds. The van der Waals surface area contributed by atoms with Crippen LogP contribution in [0.2, 0.25) is 0 Å². The molecule has 1 aromatic heterocycles. The third-order valence-corrected chi connectivity index (χ3v) is 2.64. The van der Waals surface area contributed by atoms with E-state index in [0.717, 1.165) is 11.1 Å². The summed E-state index contributed by atoms with van der Waals surface area (Å²) in [6.07, 6.45) is 3.84. The first-order valence-corrected chi connectivity index (χ1v) is 5.15. The van der Waals surface area contributed by atoms with Gasteiger partial charge in [0.2, 0.25) is 5.91 Å². The predicted molar refractivity (Wildman–Crippen MR) is 57.5 cm³/mol. The molecule has 1 aliphatic rings. The fourth-order valence-corrected chi connectivity index (χ4v) is 1.63. The Hall–Kier alpha value is -1.91. The molecule has 0 bridgehead atoms. The highest BCUT2D eigenvalue weighted by atomic mass is 16.2. The standard InChI is InChI=1S/C11H13N3O2/c1-8-6-12-4-2-9(8)7-14-5-3-10(15)13-11(14)16/h2,4,6H,3,5,7H2,1H3,(H,13,15,16). The van der Waals surface area contributed by atoms with E-state index in [9.17, 15) is 9.59 Å². The van der Waals surface area contributed by atoms with Crippen molar-refractivity contribution in [2.45, 2.75) is 19.9 Å². The van der Waals surface area contributed by atoms with Crippen LogP contribution >= 0.6 is 0 Å². The van der Waals surface area contributed by atoms with Crippen LogP contribution in [0.3, 0.4) is 0 Å². The lowest BCUT2D eigenvalue weighted by Gasteiger charge is -2.26. The van der Waals surface area contributed by atoms with E-state index in [-0.39, 0.29) is 11.9 Å². The smallest absolute Gasteiger partial charge is 0.320 e. The summed E-state index contributed by atoms with van der Waals surface area (Å²) in [6.45, 7) is 2.95. The van der Waals surface area contributed by atoms with Crippen molar-refractivity contribution in [3.63, 3.8) is 0 Å². The minimum Gasteiger partial charge on any atom is -0.320 e. The van der Waals surface area contributed by atoms with Crippen molar-refractivity contribution in [3.05, 3.63) is 29.6 Å². The summed E-state index contributed by atoms with van der Waals surface area (Å²) in [5.41, 5.74) is 2.10. The van der Waals surface area contributed by atoms with Gasteiger partial charge in [0, 0.05) is 31.9 Å². The molecule has 0 unspecified atom stereocenters. The molecule has 0 atom stereocenters. The van der Waals surface area contributed by atoms with Crippen LogP contribution < -0.4 is 5.32 Å². The fourth-order valence-electron chi connectivity index (χ4n) is 1.63. The number of nitrogens with zero attached hydrogens (tertiary/aromatic N) is 2. The van der Waals surface area contributed by atoms with Crippen LogP contribution in [0.1, 0.15) is 17.5 Å². The zero-order valence-electron chi connectivity index (χ0n) is 9.06. The first-order chi connectivity index (χ1) is 7.66. The largest absolute Gasteiger partial charge is 0.324 e. The molecule has 16 heavy (non-hydrogen) atoms. The number of amides is 3. The van der Waals surface area contributed by atoms with Crippen molar-refractivity contribution in [1.29, 1.82) is 0 Å². The van der Waals surface area contributed by atoms with E-state index in [1.54, 1.807) is 17.3 Å². The van der Waals surface area contributed by atoms with Crippen LogP contribution in [0.4, 0.5) is 4.79 Å². The summed E-state index contributed by atoms with van der Waals surface area (Å²) in [6, 6.07) is 1.58. The van der Waals surface area contributed by atoms with Crippen molar-refractivity contribution in [2.24, 2.45) is 0 Å². The second-order valence-electron chi connectivity index (χ2n) is 3.83. The zero-order valence-corrected chi connectivity index (χ0v) is 9.06. The van der Waals surface area contributed by atoms with Gasteiger partial charge in [0.05, 0.1) is 0 Å². The van der Waals surface area contributed by atoms with Gasteiger partial charge in [-0.25, -0.2) is 4.79 Å². The van der Waals surface area contributed by atoms with Gasteiger partial charge in [-0.15, -0.1) is 0 Å². The summed E-state index contributed by atoms with van der Waals surface area (Å²) < 4.78 is 0. The molecule has 0 aromatic carbocycles. The monoisotopic (exact) mass is 219 g/mol. The minimum absolute atomic E-state index is 0.201. The summed E-state index contributed by atoms with van der Waals surface area (Å²) >= 11 is 0. The highest BCUT2D eigenvalue weighted by Gasteiger charge is 2.22. The number of hydrogen-bond acceptors (Lipinski definition) is 3. The first-order valence-electron chi connectivity index (χ1n) is 5.15. The molecule has 1 aromatic rings.